The van der Waals surface area contributed by atoms with Crippen LogP contribution >= 0.6 is 0 Å². The molecule has 0 spiro atoms. The van der Waals surface area contributed by atoms with Crippen LogP contribution in [-0.4, -0.2) is 8.42 Å². The molecular formula is C8H10N2O2S. The number of hydrogen-bond donors (Lipinski definition) is 2. The lowest BCUT2D eigenvalue weighted by Gasteiger charge is -2.01. The van der Waals surface area contributed by atoms with E-state index in [9.17, 15) is 8.42 Å². The largest absolute Gasteiger partial charge is 0.321 e. The Morgan fingerprint density at radius 2 is 1.38 bits per heavy atom. The third-order valence-electron chi connectivity index (χ3n) is 2.12. The van der Waals surface area contributed by atoms with Crippen LogP contribution in [0.3, 0.4) is 0 Å². The van der Waals surface area contributed by atoms with Crippen LogP contribution < -0.4 is 9.44 Å². The van der Waals surface area contributed by atoms with E-state index in [0.29, 0.717) is 11.4 Å². The first-order valence-electron chi connectivity index (χ1n) is 3.90. The zero-order valence-electron chi connectivity index (χ0n) is 7.38. The predicted octanol–water partition coefficient (Wildman–Crippen LogP) is 1.39. The Hall–Kier alpha value is -1.23. The third-order valence-corrected chi connectivity index (χ3v) is 3.10. The topological polar surface area (TPSA) is 58.2 Å². The van der Waals surface area contributed by atoms with Crippen LogP contribution in [0.25, 0.3) is 0 Å². The van der Waals surface area contributed by atoms with Gasteiger partial charge >= 0.3 is 10.2 Å². The first-order chi connectivity index (χ1) is 5.98. The van der Waals surface area contributed by atoms with Crippen molar-refractivity contribution in [2.75, 3.05) is 9.44 Å². The van der Waals surface area contributed by atoms with E-state index in [-0.39, 0.29) is 0 Å². The lowest BCUT2D eigenvalue weighted by Crippen LogP contribution is -2.12. The fourth-order valence-corrected chi connectivity index (χ4v) is 2.27. The van der Waals surface area contributed by atoms with Crippen molar-refractivity contribution in [1.29, 1.82) is 0 Å². The number of hydrogen-bond acceptors (Lipinski definition) is 2. The van der Waals surface area contributed by atoms with Gasteiger partial charge < -0.3 is 0 Å². The van der Waals surface area contributed by atoms with Crippen molar-refractivity contribution < 1.29 is 8.42 Å². The Morgan fingerprint density at radius 3 is 1.77 bits per heavy atom. The summed E-state index contributed by atoms with van der Waals surface area (Å²) in [6, 6.07) is 3.64. The highest BCUT2D eigenvalue weighted by Crippen LogP contribution is 2.31. The van der Waals surface area contributed by atoms with E-state index in [1.54, 1.807) is 0 Å². The molecule has 13 heavy (non-hydrogen) atoms. The Bertz CT molecular complexity index is 428. The van der Waals surface area contributed by atoms with Crippen LogP contribution in [-0.2, 0) is 10.2 Å². The van der Waals surface area contributed by atoms with Crippen LogP contribution in [0.1, 0.15) is 11.1 Å². The SMILES string of the molecule is Cc1cc2c(cc1C)NS(=O)(=O)N2. The molecule has 0 fully saturated rings. The molecule has 0 radical (unpaired) electrons. The number of fused-ring (bicyclic) bond motifs is 1. The fraction of sp³-hybridized carbons (Fsp3) is 0.250. The van der Waals surface area contributed by atoms with Crippen LogP contribution in [0.2, 0.25) is 0 Å². The second kappa shape index (κ2) is 2.38. The second-order valence-electron chi connectivity index (χ2n) is 3.19. The Morgan fingerprint density at radius 1 is 1.00 bits per heavy atom. The summed E-state index contributed by atoms with van der Waals surface area (Å²) in [5, 5.41) is 0. The molecule has 0 atom stereocenters. The maximum Gasteiger partial charge on any atom is 0.321 e. The molecule has 1 aliphatic rings. The summed E-state index contributed by atoms with van der Waals surface area (Å²) in [5.74, 6) is 0. The minimum absolute atomic E-state index is 0.628. The minimum atomic E-state index is -3.34. The van der Waals surface area contributed by atoms with Gasteiger partial charge in [0.2, 0.25) is 0 Å². The lowest BCUT2D eigenvalue weighted by molar-refractivity contribution is 0.607. The summed E-state index contributed by atoms with van der Waals surface area (Å²) in [5.41, 5.74) is 3.40. The van der Waals surface area contributed by atoms with Crippen molar-refractivity contribution in [2.45, 2.75) is 13.8 Å². The molecule has 5 heteroatoms. The van der Waals surface area contributed by atoms with Gasteiger partial charge in [-0.15, -0.1) is 0 Å². The van der Waals surface area contributed by atoms with E-state index in [2.05, 4.69) is 9.44 Å². The van der Waals surface area contributed by atoms with Gasteiger partial charge in [-0.05, 0) is 37.1 Å². The summed E-state index contributed by atoms with van der Waals surface area (Å²) in [6.45, 7) is 3.89. The molecule has 70 valence electrons. The van der Waals surface area contributed by atoms with Crippen LogP contribution in [0.5, 0.6) is 0 Å². The minimum Gasteiger partial charge on any atom is -0.265 e. The molecular weight excluding hydrogens is 188 g/mol. The molecule has 2 rings (SSSR count). The van der Waals surface area contributed by atoms with Crippen molar-refractivity contribution in [1.82, 2.24) is 0 Å². The zero-order chi connectivity index (χ0) is 9.64. The van der Waals surface area contributed by atoms with E-state index in [4.69, 9.17) is 0 Å². The quantitative estimate of drug-likeness (QED) is 0.661. The second-order valence-corrected chi connectivity index (χ2v) is 4.60. The molecule has 1 aliphatic heterocycles. The van der Waals surface area contributed by atoms with E-state index in [0.717, 1.165) is 11.1 Å². The van der Waals surface area contributed by atoms with Gasteiger partial charge in [0.25, 0.3) is 0 Å². The molecule has 0 saturated carbocycles. The smallest absolute Gasteiger partial charge is 0.265 e. The molecule has 0 unspecified atom stereocenters. The molecule has 0 bridgehead atoms. The summed E-state index contributed by atoms with van der Waals surface area (Å²) in [7, 11) is -3.34. The number of rotatable bonds is 0. The third kappa shape index (κ3) is 1.35. The zero-order valence-corrected chi connectivity index (χ0v) is 8.20. The van der Waals surface area contributed by atoms with Crippen LogP contribution in [0.15, 0.2) is 12.1 Å². The number of nitrogens with one attached hydrogen (secondary N) is 2. The van der Waals surface area contributed by atoms with Gasteiger partial charge in [0, 0.05) is 0 Å². The average Bonchev–Trinajstić information content (AvgIpc) is 2.24. The highest BCUT2D eigenvalue weighted by molar-refractivity contribution is 7.94. The predicted molar refractivity (Wildman–Crippen MR) is 52.1 cm³/mol. The van der Waals surface area contributed by atoms with E-state index in [1.165, 1.54) is 0 Å². The van der Waals surface area contributed by atoms with Gasteiger partial charge in [0.05, 0.1) is 11.4 Å². The first kappa shape index (κ1) is 8.37. The van der Waals surface area contributed by atoms with Crippen molar-refractivity contribution in [3.63, 3.8) is 0 Å². The normalized spacial score (nSPS) is 17.4. The van der Waals surface area contributed by atoms with Gasteiger partial charge in [0.15, 0.2) is 0 Å². The molecule has 2 N–H and O–H groups in total. The number of aryl methyl sites for hydroxylation is 2. The lowest BCUT2D eigenvalue weighted by atomic mass is 10.1. The van der Waals surface area contributed by atoms with Gasteiger partial charge in [-0.2, -0.15) is 8.42 Å². The molecule has 0 amide bonds. The van der Waals surface area contributed by atoms with Crippen molar-refractivity contribution in [3.8, 4) is 0 Å². The first-order valence-corrected chi connectivity index (χ1v) is 5.38. The number of anilines is 2. The molecule has 0 saturated heterocycles. The molecule has 0 aromatic heterocycles. The molecule has 1 aromatic rings. The summed E-state index contributed by atoms with van der Waals surface area (Å²) >= 11 is 0. The average molecular weight is 198 g/mol. The maximum atomic E-state index is 11.1. The monoisotopic (exact) mass is 198 g/mol. The van der Waals surface area contributed by atoms with Gasteiger partial charge in [-0.25, -0.2) is 0 Å². The van der Waals surface area contributed by atoms with Crippen molar-refractivity contribution >= 4 is 21.6 Å². The Labute approximate surface area is 77.2 Å². The summed E-state index contributed by atoms with van der Waals surface area (Å²) in [4.78, 5) is 0. The molecule has 1 aromatic carbocycles. The van der Waals surface area contributed by atoms with Gasteiger partial charge in [0.1, 0.15) is 0 Å². The van der Waals surface area contributed by atoms with Crippen molar-refractivity contribution in [3.05, 3.63) is 23.3 Å². The molecule has 0 aliphatic carbocycles. The standard InChI is InChI=1S/C8H10N2O2S/c1-5-3-7-8(4-6(5)2)10-13(11,12)9-7/h3-4,9-10H,1-2H3. The Kier molecular flexibility index (Phi) is 1.53. The maximum absolute atomic E-state index is 11.1. The van der Waals surface area contributed by atoms with Crippen LogP contribution in [0, 0.1) is 13.8 Å². The highest BCUT2D eigenvalue weighted by atomic mass is 32.2. The fourth-order valence-electron chi connectivity index (χ4n) is 1.30. The summed E-state index contributed by atoms with van der Waals surface area (Å²) < 4.78 is 27.0. The van der Waals surface area contributed by atoms with Crippen LogP contribution in [0.4, 0.5) is 11.4 Å². The van der Waals surface area contributed by atoms with E-state index < -0.39 is 10.2 Å². The highest BCUT2D eigenvalue weighted by Gasteiger charge is 2.22. The van der Waals surface area contributed by atoms with E-state index >= 15 is 0 Å². The summed E-state index contributed by atoms with van der Waals surface area (Å²) in [6.07, 6.45) is 0. The Balaban J connectivity index is 2.60. The molecule has 1 heterocycles. The van der Waals surface area contributed by atoms with E-state index in [1.807, 2.05) is 26.0 Å². The van der Waals surface area contributed by atoms with Gasteiger partial charge in [-0.3, -0.25) is 9.44 Å². The van der Waals surface area contributed by atoms with Gasteiger partial charge in [-0.1, -0.05) is 0 Å². The molecule has 4 nitrogen and oxygen atoms in total. The van der Waals surface area contributed by atoms with Crippen molar-refractivity contribution in [2.24, 2.45) is 0 Å². The number of benzene rings is 1.